The summed E-state index contributed by atoms with van der Waals surface area (Å²) in [5.74, 6) is 0.297. The highest BCUT2D eigenvalue weighted by atomic mass is 16.5. The average molecular weight is 338 g/mol. The molecule has 0 radical (unpaired) electrons. The van der Waals surface area contributed by atoms with Crippen molar-refractivity contribution in [2.24, 2.45) is 0 Å². The summed E-state index contributed by atoms with van der Waals surface area (Å²) in [6, 6.07) is 7.70. The molecule has 25 heavy (non-hydrogen) atoms. The predicted molar refractivity (Wildman–Crippen MR) is 92.5 cm³/mol. The Morgan fingerprint density at radius 3 is 2.72 bits per heavy atom. The molecule has 2 aliphatic rings. The lowest BCUT2D eigenvalue weighted by atomic mass is 9.86. The largest absolute Gasteiger partial charge is 0.508 e. The summed E-state index contributed by atoms with van der Waals surface area (Å²) in [5.41, 5.74) is 1.27. The van der Waals surface area contributed by atoms with Gasteiger partial charge in [-0.1, -0.05) is 6.07 Å². The highest BCUT2D eigenvalue weighted by molar-refractivity contribution is 6.05. The molecule has 5 heteroatoms. The summed E-state index contributed by atoms with van der Waals surface area (Å²) in [6.45, 7) is 4.04. The molecule has 0 aliphatic carbocycles. The van der Waals surface area contributed by atoms with Gasteiger partial charge in [0.25, 0.3) is 0 Å². The molecule has 4 rings (SSSR count). The van der Waals surface area contributed by atoms with Crippen molar-refractivity contribution in [1.82, 2.24) is 0 Å². The van der Waals surface area contributed by atoms with Crippen molar-refractivity contribution >= 4 is 11.9 Å². The van der Waals surface area contributed by atoms with Crippen LogP contribution >= 0.6 is 0 Å². The van der Waals surface area contributed by atoms with Gasteiger partial charge in [-0.05, 0) is 44.2 Å². The number of fused-ring (bicyclic) bond motifs is 3. The number of benzene rings is 2. The maximum atomic E-state index is 12.9. The monoisotopic (exact) mass is 338 g/mol. The third kappa shape index (κ3) is 2.52. The van der Waals surface area contributed by atoms with Crippen molar-refractivity contribution in [1.29, 1.82) is 0 Å². The average Bonchev–Trinajstić information content (AvgIpc) is 2.54. The zero-order valence-corrected chi connectivity index (χ0v) is 13.9. The standard InChI is InChI=1S/C20H18O5/c1-20(2)8-7-13-17(25-20)6-5-14-18(23)15(10-24-19(13)14)12-4-3-11(21)9-16(12)22/h3-9,15,21-22H,10H2,1-2H3/t15-/m0/s1. The smallest absolute Gasteiger partial charge is 0.177 e. The lowest BCUT2D eigenvalue weighted by Gasteiger charge is -2.32. The fraction of sp³-hybridized carbons (Fsp3) is 0.250. The molecule has 0 fully saturated rings. The molecule has 0 saturated carbocycles. The lowest BCUT2D eigenvalue weighted by Crippen LogP contribution is -2.30. The first-order chi connectivity index (χ1) is 11.9. The van der Waals surface area contributed by atoms with E-state index in [1.54, 1.807) is 18.2 Å². The number of Topliss-reactive ketones (excluding diaryl/α,β-unsaturated/α-hetero) is 1. The molecule has 1 atom stereocenters. The van der Waals surface area contributed by atoms with Crippen molar-refractivity contribution in [3.05, 3.63) is 53.1 Å². The number of hydrogen-bond acceptors (Lipinski definition) is 5. The van der Waals surface area contributed by atoms with E-state index in [1.165, 1.54) is 12.1 Å². The number of phenolic OH excluding ortho intramolecular Hbond substituents is 2. The van der Waals surface area contributed by atoms with Crippen molar-refractivity contribution in [3.63, 3.8) is 0 Å². The first-order valence-electron chi connectivity index (χ1n) is 8.10. The minimum absolute atomic E-state index is 0.0511. The summed E-state index contributed by atoms with van der Waals surface area (Å²) in [4.78, 5) is 12.9. The summed E-state index contributed by atoms with van der Waals surface area (Å²) in [5, 5.41) is 19.5. The highest BCUT2D eigenvalue weighted by Crippen LogP contribution is 2.44. The van der Waals surface area contributed by atoms with Gasteiger partial charge in [0.15, 0.2) is 5.78 Å². The molecule has 0 spiro atoms. The van der Waals surface area contributed by atoms with Gasteiger partial charge in [-0.3, -0.25) is 4.79 Å². The fourth-order valence-corrected chi connectivity index (χ4v) is 3.27. The maximum absolute atomic E-state index is 12.9. The van der Waals surface area contributed by atoms with Crippen LogP contribution in [-0.4, -0.2) is 28.2 Å². The summed E-state index contributed by atoms with van der Waals surface area (Å²) in [7, 11) is 0. The molecule has 5 nitrogen and oxygen atoms in total. The molecule has 2 aliphatic heterocycles. The zero-order chi connectivity index (χ0) is 17.8. The number of carbonyl (C=O) groups is 1. The number of aromatic hydroxyl groups is 2. The van der Waals surface area contributed by atoms with Gasteiger partial charge in [0.05, 0.1) is 17.0 Å². The minimum atomic E-state index is -0.615. The van der Waals surface area contributed by atoms with E-state index in [-0.39, 0.29) is 23.9 Å². The van der Waals surface area contributed by atoms with Crippen LogP contribution in [0.4, 0.5) is 0 Å². The third-order valence-electron chi connectivity index (χ3n) is 4.55. The van der Waals surface area contributed by atoms with E-state index in [9.17, 15) is 15.0 Å². The van der Waals surface area contributed by atoms with Crippen LogP contribution in [0.3, 0.4) is 0 Å². The molecule has 0 aromatic heterocycles. The van der Waals surface area contributed by atoms with Crippen LogP contribution in [0.2, 0.25) is 0 Å². The van der Waals surface area contributed by atoms with Crippen molar-refractivity contribution in [2.75, 3.05) is 6.61 Å². The lowest BCUT2D eigenvalue weighted by molar-refractivity contribution is 0.0892. The molecular formula is C20H18O5. The van der Waals surface area contributed by atoms with Gasteiger partial charge in [0.2, 0.25) is 0 Å². The SMILES string of the molecule is CC1(C)C=Cc2c(ccc3c2OC[C@@H](c2ccc(O)cc2O)C3=O)O1. The molecular weight excluding hydrogens is 320 g/mol. The van der Waals surface area contributed by atoms with Crippen molar-refractivity contribution in [3.8, 4) is 23.0 Å². The molecule has 0 amide bonds. The van der Waals surface area contributed by atoms with Crippen LogP contribution in [0.1, 0.15) is 41.3 Å². The zero-order valence-electron chi connectivity index (χ0n) is 13.9. The minimum Gasteiger partial charge on any atom is -0.508 e. The van der Waals surface area contributed by atoms with Crippen molar-refractivity contribution < 1.29 is 24.5 Å². The Bertz CT molecular complexity index is 911. The highest BCUT2D eigenvalue weighted by Gasteiger charge is 2.35. The van der Waals surface area contributed by atoms with Gasteiger partial charge < -0.3 is 19.7 Å². The number of ether oxygens (including phenoxy) is 2. The van der Waals surface area contributed by atoms with Gasteiger partial charge in [-0.15, -0.1) is 0 Å². The van der Waals surface area contributed by atoms with Crippen LogP contribution in [0.15, 0.2) is 36.4 Å². The number of hydrogen-bond donors (Lipinski definition) is 2. The van der Waals surface area contributed by atoms with Crippen LogP contribution < -0.4 is 9.47 Å². The van der Waals surface area contributed by atoms with E-state index in [0.29, 0.717) is 22.6 Å². The Balaban J connectivity index is 1.75. The summed E-state index contributed by atoms with van der Waals surface area (Å²) in [6.07, 6.45) is 3.85. The Morgan fingerprint density at radius 1 is 1.16 bits per heavy atom. The number of phenols is 2. The first kappa shape index (κ1) is 15.6. The fourth-order valence-electron chi connectivity index (χ4n) is 3.27. The molecule has 128 valence electrons. The molecule has 0 bridgehead atoms. The Kier molecular flexibility index (Phi) is 3.29. The van der Waals surface area contributed by atoms with Crippen LogP contribution in [-0.2, 0) is 0 Å². The van der Waals surface area contributed by atoms with Gasteiger partial charge in [-0.2, -0.15) is 0 Å². The second-order valence-electron chi connectivity index (χ2n) is 6.86. The second-order valence-corrected chi connectivity index (χ2v) is 6.86. The van der Waals surface area contributed by atoms with Gasteiger partial charge in [0.1, 0.15) is 35.2 Å². The summed E-state index contributed by atoms with van der Waals surface area (Å²) < 4.78 is 11.8. The van der Waals surface area contributed by atoms with Crippen LogP contribution in [0.5, 0.6) is 23.0 Å². The second kappa shape index (κ2) is 5.28. The predicted octanol–water partition coefficient (Wildman–Crippen LogP) is 3.64. The Morgan fingerprint density at radius 2 is 1.96 bits per heavy atom. The number of ketones is 1. The Labute approximate surface area is 145 Å². The first-order valence-corrected chi connectivity index (χ1v) is 8.10. The van der Waals surface area contributed by atoms with E-state index in [2.05, 4.69) is 0 Å². The molecule has 2 aromatic rings. The third-order valence-corrected chi connectivity index (χ3v) is 4.55. The summed E-state index contributed by atoms with van der Waals surface area (Å²) >= 11 is 0. The van der Waals surface area contributed by atoms with E-state index in [0.717, 1.165) is 5.56 Å². The van der Waals surface area contributed by atoms with E-state index in [4.69, 9.17) is 9.47 Å². The number of rotatable bonds is 1. The maximum Gasteiger partial charge on any atom is 0.177 e. The molecule has 0 unspecified atom stereocenters. The number of carbonyl (C=O) groups excluding carboxylic acids is 1. The van der Waals surface area contributed by atoms with Gasteiger partial charge in [0, 0.05) is 11.6 Å². The quantitative estimate of drug-likeness (QED) is 0.830. The Hall–Kier alpha value is -2.95. The molecule has 2 N–H and O–H groups in total. The normalized spacial score (nSPS) is 20.2. The molecule has 2 heterocycles. The molecule has 2 aromatic carbocycles. The molecule has 0 saturated heterocycles. The van der Waals surface area contributed by atoms with E-state index >= 15 is 0 Å². The van der Waals surface area contributed by atoms with Gasteiger partial charge >= 0.3 is 0 Å². The topological polar surface area (TPSA) is 76.0 Å². The van der Waals surface area contributed by atoms with E-state index in [1.807, 2.05) is 26.0 Å². The van der Waals surface area contributed by atoms with E-state index < -0.39 is 11.5 Å². The van der Waals surface area contributed by atoms with Gasteiger partial charge in [-0.25, -0.2) is 0 Å². The van der Waals surface area contributed by atoms with Crippen LogP contribution in [0, 0.1) is 0 Å². The van der Waals surface area contributed by atoms with Crippen LogP contribution in [0.25, 0.3) is 6.08 Å². The van der Waals surface area contributed by atoms with Crippen molar-refractivity contribution in [2.45, 2.75) is 25.4 Å².